The van der Waals surface area contributed by atoms with Gasteiger partial charge in [-0.25, -0.2) is 4.98 Å². The summed E-state index contributed by atoms with van der Waals surface area (Å²) in [6.07, 6.45) is 2.61. The zero-order valence-electron chi connectivity index (χ0n) is 10.2. The van der Waals surface area contributed by atoms with Crippen molar-refractivity contribution in [3.05, 3.63) is 23.9 Å². The lowest BCUT2D eigenvalue weighted by molar-refractivity contribution is 0.199. The van der Waals surface area contributed by atoms with Crippen LogP contribution in [0.2, 0.25) is 0 Å². The molecule has 17 heavy (non-hydrogen) atoms. The number of ether oxygens (including phenoxy) is 1. The molecule has 5 heteroatoms. The lowest BCUT2D eigenvalue weighted by Gasteiger charge is -2.08. The number of nitrogens with one attached hydrogen (secondary N) is 1. The molecular weight excluding hydrogens is 236 g/mol. The van der Waals surface area contributed by atoms with Crippen molar-refractivity contribution in [3.8, 4) is 0 Å². The van der Waals surface area contributed by atoms with E-state index in [9.17, 15) is 0 Å². The summed E-state index contributed by atoms with van der Waals surface area (Å²) in [5, 5.41) is 13.1. The van der Waals surface area contributed by atoms with Gasteiger partial charge in [-0.05, 0) is 18.1 Å². The summed E-state index contributed by atoms with van der Waals surface area (Å²) in [5.41, 5.74) is 1.20. The average Bonchev–Trinajstić information content (AvgIpc) is 2.36. The molecule has 1 aromatic rings. The van der Waals surface area contributed by atoms with E-state index in [1.165, 1.54) is 5.56 Å². The van der Waals surface area contributed by atoms with E-state index in [2.05, 4.69) is 16.4 Å². The highest BCUT2D eigenvalue weighted by Gasteiger charge is 2.03. The van der Waals surface area contributed by atoms with E-state index in [0.29, 0.717) is 6.61 Å². The summed E-state index contributed by atoms with van der Waals surface area (Å²) in [7, 11) is 1.70. The molecule has 0 spiro atoms. The molecule has 0 fully saturated rings. The SMILES string of the molecule is COCCNCc1cccnc1SCCCO. The molecule has 0 saturated carbocycles. The number of hydrogen-bond donors (Lipinski definition) is 2. The summed E-state index contributed by atoms with van der Waals surface area (Å²) in [4.78, 5) is 4.36. The Morgan fingerprint density at radius 2 is 2.41 bits per heavy atom. The van der Waals surface area contributed by atoms with Crippen molar-refractivity contribution < 1.29 is 9.84 Å². The maximum Gasteiger partial charge on any atom is 0.100 e. The van der Waals surface area contributed by atoms with Gasteiger partial charge in [0.1, 0.15) is 5.03 Å². The first kappa shape index (κ1) is 14.4. The minimum atomic E-state index is 0.237. The van der Waals surface area contributed by atoms with Crippen LogP contribution in [0.1, 0.15) is 12.0 Å². The first-order valence-corrected chi connectivity index (χ1v) is 6.74. The molecule has 0 atom stereocenters. The van der Waals surface area contributed by atoms with E-state index in [0.717, 1.165) is 30.3 Å². The van der Waals surface area contributed by atoms with Gasteiger partial charge in [-0.1, -0.05) is 6.07 Å². The molecule has 0 bridgehead atoms. The Morgan fingerprint density at radius 3 is 3.18 bits per heavy atom. The van der Waals surface area contributed by atoms with Gasteiger partial charge >= 0.3 is 0 Å². The van der Waals surface area contributed by atoms with Gasteiger partial charge in [0, 0.05) is 38.8 Å². The fourth-order valence-corrected chi connectivity index (χ4v) is 2.25. The first-order valence-electron chi connectivity index (χ1n) is 5.75. The molecule has 0 unspecified atom stereocenters. The van der Waals surface area contributed by atoms with Crippen LogP contribution in [-0.4, -0.2) is 42.7 Å². The van der Waals surface area contributed by atoms with Crippen molar-refractivity contribution in [3.63, 3.8) is 0 Å². The molecule has 2 N–H and O–H groups in total. The van der Waals surface area contributed by atoms with Crippen molar-refractivity contribution >= 4 is 11.8 Å². The molecule has 0 radical (unpaired) electrons. The molecule has 0 aromatic carbocycles. The van der Waals surface area contributed by atoms with Crippen LogP contribution >= 0.6 is 11.8 Å². The van der Waals surface area contributed by atoms with E-state index in [1.54, 1.807) is 25.1 Å². The maximum atomic E-state index is 8.75. The number of hydrogen-bond acceptors (Lipinski definition) is 5. The largest absolute Gasteiger partial charge is 0.396 e. The number of aliphatic hydroxyl groups excluding tert-OH is 1. The van der Waals surface area contributed by atoms with Gasteiger partial charge in [0.05, 0.1) is 6.61 Å². The number of thioether (sulfide) groups is 1. The van der Waals surface area contributed by atoms with Crippen LogP contribution in [0.3, 0.4) is 0 Å². The van der Waals surface area contributed by atoms with Crippen molar-refractivity contribution in [1.82, 2.24) is 10.3 Å². The van der Waals surface area contributed by atoms with Crippen LogP contribution in [0, 0.1) is 0 Å². The number of aliphatic hydroxyl groups is 1. The minimum Gasteiger partial charge on any atom is -0.396 e. The zero-order chi connectivity index (χ0) is 12.3. The maximum absolute atomic E-state index is 8.75. The summed E-state index contributed by atoms with van der Waals surface area (Å²) >= 11 is 1.69. The summed E-state index contributed by atoms with van der Waals surface area (Å²) < 4.78 is 4.98. The van der Waals surface area contributed by atoms with Crippen LogP contribution in [0.25, 0.3) is 0 Å². The van der Waals surface area contributed by atoms with Crippen molar-refractivity contribution in [2.24, 2.45) is 0 Å². The number of methoxy groups -OCH3 is 1. The molecule has 1 heterocycles. The third kappa shape index (κ3) is 6.02. The topological polar surface area (TPSA) is 54.4 Å². The van der Waals surface area contributed by atoms with E-state index >= 15 is 0 Å². The summed E-state index contributed by atoms with van der Waals surface area (Å²) in [6.45, 7) is 2.60. The molecule has 0 aliphatic heterocycles. The number of nitrogens with zero attached hydrogens (tertiary/aromatic N) is 1. The second-order valence-electron chi connectivity index (χ2n) is 3.56. The van der Waals surface area contributed by atoms with E-state index < -0.39 is 0 Å². The molecular formula is C12H20N2O2S. The molecule has 0 amide bonds. The molecule has 1 aromatic heterocycles. The van der Waals surface area contributed by atoms with Crippen LogP contribution in [0.4, 0.5) is 0 Å². The number of pyridine rings is 1. The van der Waals surface area contributed by atoms with Crippen LogP contribution in [-0.2, 0) is 11.3 Å². The number of aromatic nitrogens is 1. The van der Waals surface area contributed by atoms with Gasteiger partial charge < -0.3 is 15.2 Å². The van der Waals surface area contributed by atoms with Crippen LogP contribution in [0.5, 0.6) is 0 Å². The predicted molar refractivity (Wildman–Crippen MR) is 70.2 cm³/mol. The van der Waals surface area contributed by atoms with Gasteiger partial charge in [0.15, 0.2) is 0 Å². The van der Waals surface area contributed by atoms with E-state index in [4.69, 9.17) is 9.84 Å². The Bertz CT molecular complexity index is 310. The molecule has 4 nitrogen and oxygen atoms in total. The fraction of sp³-hybridized carbons (Fsp3) is 0.583. The second-order valence-corrected chi connectivity index (χ2v) is 4.65. The quantitative estimate of drug-likeness (QED) is 0.515. The van der Waals surface area contributed by atoms with Gasteiger partial charge in [0.2, 0.25) is 0 Å². The highest BCUT2D eigenvalue weighted by Crippen LogP contribution is 2.20. The third-order valence-corrected chi connectivity index (χ3v) is 3.32. The molecule has 96 valence electrons. The fourth-order valence-electron chi connectivity index (χ4n) is 1.32. The number of rotatable bonds is 9. The Kier molecular flexibility index (Phi) is 8.00. The Balaban J connectivity index is 2.40. The monoisotopic (exact) mass is 256 g/mol. The van der Waals surface area contributed by atoms with E-state index in [-0.39, 0.29) is 6.61 Å². The van der Waals surface area contributed by atoms with Crippen LogP contribution in [0.15, 0.2) is 23.4 Å². The normalized spacial score (nSPS) is 10.7. The van der Waals surface area contributed by atoms with Gasteiger partial charge in [-0.3, -0.25) is 0 Å². The van der Waals surface area contributed by atoms with Crippen LogP contribution < -0.4 is 5.32 Å². The van der Waals surface area contributed by atoms with Gasteiger partial charge in [-0.2, -0.15) is 0 Å². The summed E-state index contributed by atoms with van der Waals surface area (Å²) in [6, 6.07) is 4.03. The van der Waals surface area contributed by atoms with Gasteiger partial charge in [-0.15, -0.1) is 11.8 Å². The van der Waals surface area contributed by atoms with Crippen molar-refractivity contribution in [2.75, 3.05) is 32.6 Å². The Hall–Kier alpha value is -0.620. The average molecular weight is 256 g/mol. The Labute approximate surface area is 107 Å². The zero-order valence-corrected chi connectivity index (χ0v) is 11.0. The standard InChI is InChI=1S/C12H20N2O2S/c1-16-8-6-13-10-11-4-2-5-14-12(11)17-9-3-7-15/h2,4-5,13,15H,3,6-10H2,1H3. The lowest BCUT2D eigenvalue weighted by Crippen LogP contribution is -2.19. The molecule has 0 aliphatic carbocycles. The molecule has 0 aliphatic rings. The molecule has 1 rings (SSSR count). The van der Waals surface area contributed by atoms with E-state index in [1.807, 2.05) is 6.07 Å². The Morgan fingerprint density at radius 1 is 1.53 bits per heavy atom. The first-order chi connectivity index (χ1) is 8.38. The smallest absolute Gasteiger partial charge is 0.100 e. The highest BCUT2D eigenvalue weighted by molar-refractivity contribution is 7.99. The third-order valence-electron chi connectivity index (χ3n) is 2.19. The van der Waals surface area contributed by atoms with Crippen molar-refractivity contribution in [2.45, 2.75) is 18.0 Å². The second kappa shape index (κ2) is 9.41. The molecule has 0 saturated heterocycles. The lowest BCUT2D eigenvalue weighted by atomic mass is 10.3. The highest BCUT2D eigenvalue weighted by atomic mass is 32.2. The summed E-state index contributed by atoms with van der Waals surface area (Å²) in [5.74, 6) is 0.901. The minimum absolute atomic E-state index is 0.237. The van der Waals surface area contributed by atoms with Crippen molar-refractivity contribution in [1.29, 1.82) is 0 Å². The van der Waals surface area contributed by atoms with Gasteiger partial charge in [0.25, 0.3) is 0 Å². The predicted octanol–water partition coefficient (Wildman–Crippen LogP) is 1.29.